The Balaban J connectivity index is 1.30. The lowest BCUT2D eigenvalue weighted by Gasteiger charge is -2.31. The summed E-state index contributed by atoms with van der Waals surface area (Å²) in [5, 5.41) is 3.95. The molecule has 1 aliphatic heterocycles. The van der Waals surface area contributed by atoms with Gasteiger partial charge in [-0.3, -0.25) is 14.3 Å². The Morgan fingerprint density at radius 2 is 1.73 bits per heavy atom. The van der Waals surface area contributed by atoms with Crippen LogP contribution in [-0.4, -0.2) is 38.4 Å². The highest BCUT2D eigenvalue weighted by Crippen LogP contribution is 2.28. The molecule has 5 rings (SSSR count). The van der Waals surface area contributed by atoms with Crippen molar-refractivity contribution >= 4 is 17.0 Å². The Labute approximate surface area is 212 Å². The van der Waals surface area contributed by atoms with Crippen LogP contribution < -0.4 is 10.9 Å². The van der Waals surface area contributed by atoms with E-state index in [2.05, 4.69) is 20.2 Å². The molecule has 1 fully saturated rings. The maximum atomic E-state index is 14.2. The maximum Gasteiger partial charge on any atom is 0.252 e. The van der Waals surface area contributed by atoms with Crippen molar-refractivity contribution in [1.82, 2.24) is 19.4 Å². The molecule has 2 aromatic carbocycles. The van der Waals surface area contributed by atoms with E-state index in [9.17, 15) is 18.0 Å². The highest BCUT2D eigenvalue weighted by molar-refractivity contribution is 5.75. The zero-order valence-corrected chi connectivity index (χ0v) is 20.5. The quantitative estimate of drug-likeness (QED) is 0.364. The number of benzene rings is 2. The van der Waals surface area contributed by atoms with E-state index in [1.54, 1.807) is 30.5 Å². The fraction of sp³-hybridized carbons (Fsp3) is 0.321. The fourth-order valence-corrected chi connectivity index (χ4v) is 4.58. The third-order valence-electron chi connectivity index (χ3n) is 6.83. The van der Waals surface area contributed by atoms with E-state index < -0.39 is 5.92 Å². The Hall–Kier alpha value is -3.72. The number of fused-ring (bicyclic) bond motifs is 1. The highest BCUT2D eigenvalue weighted by Gasteiger charge is 2.33. The number of halogens is 3. The molecule has 1 saturated heterocycles. The van der Waals surface area contributed by atoms with Crippen molar-refractivity contribution in [3.8, 4) is 0 Å². The van der Waals surface area contributed by atoms with Crippen LogP contribution in [-0.2, 0) is 13.1 Å². The average Bonchev–Trinajstić information content (AvgIpc) is 2.88. The molecule has 0 radical (unpaired) electrons. The van der Waals surface area contributed by atoms with E-state index in [-0.39, 0.29) is 36.8 Å². The van der Waals surface area contributed by atoms with Crippen molar-refractivity contribution in [1.29, 1.82) is 0 Å². The lowest BCUT2D eigenvalue weighted by atomic mass is 10.0. The molecule has 1 unspecified atom stereocenters. The molecule has 0 aliphatic carbocycles. The molecule has 0 saturated carbocycles. The van der Waals surface area contributed by atoms with E-state index in [1.165, 1.54) is 16.7 Å². The van der Waals surface area contributed by atoms with Crippen LogP contribution >= 0.6 is 0 Å². The van der Waals surface area contributed by atoms with Crippen LogP contribution in [0.3, 0.4) is 0 Å². The summed E-state index contributed by atoms with van der Waals surface area (Å²) in [5.41, 5.74) is 2.62. The average molecular weight is 508 g/mol. The number of nitrogens with zero attached hydrogens (tertiary/aromatic N) is 4. The van der Waals surface area contributed by atoms with Gasteiger partial charge < -0.3 is 5.32 Å². The van der Waals surface area contributed by atoms with E-state index in [0.29, 0.717) is 42.2 Å². The van der Waals surface area contributed by atoms with Gasteiger partial charge in [0.1, 0.15) is 11.5 Å². The molecule has 0 spiro atoms. The summed E-state index contributed by atoms with van der Waals surface area (Å²) in [4.78, 5) is 23.7. The second-order valence-electron chi connectivity index (χ2n) is 9.56. The van der Waals surface area contributed by atoms with Gasteiger partial charge in [-0.05, 0) is 30.2 Å². The Morgan fingerprint density at radius 1 is 1.00 bits per heavy atom. The fourth-order valence-electron chi connectivity index (χ4n) is 4.58. The Kier molecular flexibility index (Phi) is 6.97. The summed E-state index contributed by atoms with van der Waals surface area (Å²) < 4.78 is 42.5. The van der Waals surface area contributed by atoms with Crippen molar-refractivity contribution in [2.24, 2.45) is 0 Å². The molecule has 1 atom stereocenters. The van der Waals surface area contributed by atoms with E-state index in [4.69, 9.17) is 0 Å². The largest absolute Gasteiger partial charge is 0.348 e. The topological polar surface area (TPSA) is 63.1 Å². The Morgan fingerprint density at radius 3 is 2.46 bits per heavy atom. The van der Waals surface area contributed by atoms with E-state index >= 15 is 0 Å². The zero-order chi connectivity index (χ0) is 26.0. The summed E-state index contributed by atoms with van der Waals surface area (Å²) in [6.45, 7) is 3.48. The van der Waals surface area contributed by atoms with Gasteiger partial charge in [0.2, 0.25) is 5.95 Å². The summed E-state index contributed by atoms with van der Waals surface area (Å²) in [6, 6.07) is 17.3. The van der Waals surface area contributed by atoms with Crippen LogP contribution in [0.4, 0.5) is 19.1 Å². The van der Waals surface area contributed by atoms with Crippen LogP contribution in [0.1, 0.15) is 42.5 Å². The SMILES string of the molecule is CC(Nc1ncc2ccc(=O)n(Cc3ccccc3F)c2n1)c1ccc(CN2CCC(F)(F)CC2)cc1. The third kappa shape index (κ3) is 5.83. The molecular formula is C28H28F3N5O. The highest BCUT2D eigenvalue weighted by atomic mass is 19.3. The van der Waals surface area contributed by atoms with E-state index in [0.717, 1.165) is 11.1 Å². The van der Waals surface area contributed by atoms with E-state index in [1.807, 2.05) is 31.2 Å². The normalized spacial score (nSPS) is 16.5. The molecule has 0 bridgehead atoms. The van der Waals surface area contributed by atoms with Gasteiger partial charge in [0.05, 0.1) is 12.6 Å². The van der Waals surface area contributed by atoms with Crippen molar-refractivity contribution < 1.29 is 13.2 Å². The molecule has 9 heteroatoms. The number of hydrogen-bond acceptors (Lipinski definition) is 5. The van der Waals surface area contributed by atoms with Gasteiger partial charge in [0.25, 0.3) is 11.5 Å². The van der Waals surface area contributed by atoms with Crippen LogP contribution in [0.5, 0.6) is 0 Å². The molecule has 1 aliphatic rings. The number of nitrogens with one attached hydrogen (secondary N) is 1. The lowest BCUT2D eigenvalue weighted by molar-refractivity contribution is -0.0566. The monoisotopic (exact) mass is 507 g/mol. The second-order valence-corrected chi connectivity index (χ2v) is 9.56. The smallest absolute Gasteiger partial charge is 0.252 e. The number of anilines is 1. The summed E-state index contributed by atoms with van der Waals surface area (Å²) >= 11 is 0. The van der Waals surface area contributed by atoms with Gasteiger partial charge in [-0.1, -0.05) is 42.5 Å². The summed E-state index contributed by atoms with van der Waals surface area (Å²) in [6.07, 6.45) is 1.46. The van der Waals surface area contributed by atoms with Crippen LogP contribution in [0.15, 0.2) is 71.7 Å². The predicted octanol–water partition coefficient (Wildman–Crippen LogP) is 5.38. The minimum atomic E-state index is -2.54. The van der Waals surface area contributed by atoms with Gasteiger partial charge in [-0.15, -0.1) is 0 Å². The molecule has 3 heterocycles. The molecule has 192 valence electrons. The summed E-state index contributed by atoms with van der Waals surface area (Å²) in [7, 11) is 0. The minimum absolute atomic E-state index is 0.0605. The molecule has 1 N–H and O–H groups in total. The lowest BCUT2D eigenvalue weighted by Crippen LogP contribution is -2.38. The van der Waals surface area contributed by atoms with Crippen molar-refractivity contribution in [3.63, 3.8) is 0 Å². The first-order valence-electron chi connectivity index (χ1n) is 12.3. The zero-order valence-electron chi connectivity index (χ0n) is 20.5. The maximum absolute atomic E-state index is 14.2. The molecule has 6 nitrogen and oxygen atoms in total. The number of piperidine rings is 1. The van der Waals surface area contributed by atoms with Gasteiger partial charge in [0, 0.05) is 55.7 Å². The number of alkyl halides is 2. The molecule has 37 heavy (non-hydrogen) atoms. The second kappa shape index (κ2) is 10.3. The van der Waals surface area contributed by atoms with Gasteiger partial charge in [-0.25, -0.2) is 18.2 Å². The first kappa shape index (κ1) is 25.0. The van der Waals surface area contributed by atoms with Crippen molar-refractivity contribution in [2.45, 2.75) is 44.8 Å². The number of rotatable bonds is 7. The first-order chi connectivity index (χ1) is 17.8. The standard InChI is InChI=1S/C28H28F3N5O/c1-19(21-8-6-20(7-9-21)17-35-14-12-28(30,31)13-15-35)33-27-32-16-22-10-11-25(37)36(26(22)34-27)18-23-4-2-3-5-24(23)29/h2-11,16,19H,12-15,17-18H2,1H3,(H,32,33,34). The number of likely N-dealkylation sites (tertiary alicyclic amines) is 1. The molecule has 0 amide bonds. The van der Waals surface area contributed by atoms with Gasteiger partial charge in [-0.2, -0.15) is 4.98 Å². The van der Waals surface area contributed by atoms with Gasteiger partial charge in [0.15, 0.2) is 0 Å². The van der Waals surface area contributed by atoms with Crippen molar-refractivity contribution in [3.05, 3.63) is 99.7 Å². The minimum Gasteiger partial charge on any atom is -0.348 e. The van der Waals surface area contributed by atoms with Crippen LogP contribution in [0.2, 0.25) is 0 Å². The van der Waals surface area contributed by atoms with Crippen LogP contribution in [0.25, 0.3) is 11.0 Å². The first-order valence-corrected chi connectivity index (χ1v) is 12.3. The molecule has 4 aromatic rings. The molecule has 2 aromatic heterocycles. The van der Waals surface area contributed by atoms with Crippen molar-refractivity contribution in [2.75, 3.05) is 18.4 Å². The number of pyridine rings is 1. The molecular weight excluding hydrogens is 479 g/mol. The predicted molar refractivity (Wildman–Crippen MR) is 137 cm³/mol. The van der Waals surface area contributed by atoms with Gasteiger partial charge >= 0.3 is 0 Å². The Bertz CT molecular complexity index is 1440. The number of hydrogen-bond donors (Lipinski definition) is 1. The summed E-state index contributed by atoms with van der Waals surface area (Å²) in [5.74, 6) is -2.57. The third-order valence-corrected chi connectivity index (χ3v) is 6.83. The van der Waals surface area contributed by atoms with Crippen LogP contribution in [0, 0.1) is 5.82 Å². The number of aromatic nitrogens is 3.